The Labute approximate surface area is 97.4 Å². The van der Waals surface area contributed by atoms with Crippen LogP contribution in [0, 0.1) is 10.6 Å². The van der Waals surface area contributed by atoms with Crippen molar-refractivity contribution >= 4 is 22.6 Å². The van der Waals surface area contributed by atoms with Gasteiger partial charge in [-0.2, -0.15) is 0 Å². The lowest BCUT2D eigenvalue weighted by molar-refractivity contribution is -0.276. The van der Waals surface area contributed by atoms with Gasteiger partial charge in [-0.05, 0) is 41.1 Å². The molecule has 0 saturated heterocycles. The normalized spacial score (nSPS) is 11.6. The SMILES string of the molecule is Cc1cc(CO)c(OC(F)(F)F)nc1I. The molecule has 1 N–H and O–H groups in total. The molecule has 0 fully saturated rings. The van der Waals surface area contributed by atoms with Crippen molar-refractivity contribution in [3.05, 3.63) is 20.9 Å². The Morgan fingerprint density at radius 1 is 1.53 bits per heavy atom. The number of aliphatic hydroxyl groups excluding tert-OH is 1. The highest BCUT2D eigenvalue weighted by Gasteiger charge is 2.33. The first-order valence-electron chi connectivity index (χ1n) is 3.86. The summed E-state index contributed by atoms with van der Waals surface area (Å²) in [7, 11) is 0. The predicted octanol–water partition coefficient (Wildman–Crippen LogP) is 2.39. The van der Waals surface area contributed by atoms with E-state index in [1.165, 1.54) is 6.07 Å². The summed E-state index contributed by atoms with van der Waals surface area (Å²) < 4.78 is 39.9. The van der Waals surface area contributed by atoms with Crippen LogP contribution in [-0.4, -0.2) is 16.5 Å². The molecule has 84 valence electrons. The lowest BCUT2D eigenvalue weighted by atomic mass is 10.2. The van der Waals surface area contributed by atoms with Crippen LogP contribution < -0.4 is 4.74 Å². The maximum atomic E-state index is 11.9. The van der Waals surface area contributed by atoms with Crippen LogP contribution >= 0.6 is 22.6 Å². The topological polar surface area (TPSA) is 42.4 Å². The van der Waals surface area contributed by atoms with Gasteiger partial charge in [0.05, 0.1) is 6.61 Å². The third-order valence-corrected chi connectivity index (χ3v) is 2.67. The lowest BCUT2D eigenvalue weighted by Crippen LogP contribution is -2.19. The zero-order valence-electron chi connectivity index (χ0n) is 7.60. The van der Waals surface area contributed by atoms with Gasteiger partial charge in [0.1, 0.15) is 3.70 Å². The first kappa shape index (κ1) is 12.5. The summed E-state index contributed by atoms with van der Waals surface area (Å²) in [6, 6.07) is 1.41. The lowest BCUT2D eigenvalue weighted by Gasteiger charge is -2.12. The van der Waals surface area contributed by atoms with E-state index < -0.39 is 18.8 Å². The Bertz CT molecular complexity index is 368. The van der Waals surface area contributed by atoms with Crippen molar-refractivity contribution < 1.29 is 23.0 Å². The molecule has 0 unspecified atom stereocenters. The summed E-state index contributed by atoms with van der Waals surface area (Å²) in [4.78, 5) is 3.61. The molecule has 0 atom stereocenters. The molecule has 0 radical (unpaired) electrons. The van der Waals surface area contributed by atoms with Gasteiger partial charge in [0.25, 0.3) is 0 Å². The number of rotatable bonds is 2. The molecular formula is C8H7F3INO2. The minimum absolute atomic E-state index is 0.0187. The molecule has 1 aromatic heterocycles. The highest BCUT2D eigenvalue weighted by atomic mass is 127. The molecule has 0 saturated carbocycles. The minimum atomic E-state index is -4.80. The number of aliphatic hydroxyl groups is 1. The summed E-state index contributed by atoms with van der Waals surface area (Å²) in [6.45, 7) is 1.14. The van der Waals surface area contributed by atoms with E-state index in [-0.39, 0.29) is 5.56 Å². The molecule has 0 aromatic carbocycles. The highest BCUT2D eigenvalue weighted by Crippen LogP contribution is 2.26. The third kappa shape index (κ3) is 3.49. The summed E-state index contributed by atoms with van der Waals surface area (Å²) in [5, 5.41) is 8.84. The number of alkyl halides is 3. The second kappa shape index (κ2) is 4.52. The Hall–Kier alpha value is -0.570. The standard InChI is InChI=1S/C8H7F3INO2/c1-4-2-5(3-14)7(13-6(4)12)15-8(9,10)11/h2,14H,3H2,1H3. The molecule has 7 heteroatoms. The van der Waals surface area contributed by atoms with Gasteiger partial charge in [0.2, 0.25) is 5.88 Å². The molecule has 0 amide bonds. The van der Waals surface area contributed by atoms with Crippen molar-refractivity contribution in [3.63, 3.8) is 0 Å². The van der Waals surface area contributed by atoms with Crippen LogP contribution in [0.15, 0.2) is 6.07 Å². The average molecular weight is 333 g/mol. The molecule has 1 aromatic rings. The fraction of sp³-hybridized carbons (Fsp3) is 0.375. The zero-order valence-corrected chi connectivity index (χ0v) is 9.76. The zero-order chi connectivity index (χ0) is 11.6. The van der Waals surface area contributed by atoms with Gasteiger partial charge in [0, 0.05) is 5.56 Å². The minimum Gasteiger partial charge on any atom is -0.391 e. The number of ether oxygens (including phenoxy) is 1. The van der Waals surface area contributed by atoms with Crippen molar-refractivity contribution in [2.24, 2.45) is 0 Å². The first-order chi connectivity index (χ1) is 6.83. The van der Waals surface area contributed by atoms with E-state index in [2.05, 4.69) is 9.72 Å². The Kier molecular flexibility index (Phi) is 3.77. The van der Waals surface area contributed by atoms with Crippen molar-refractivity contribution in [2.45, 2.75) is 19.9 Å². The van der Waals surface area contributed by atoms with Crippen LogP contribution in [0.2, 0.25) is 0 Å². The molecule has 0 spiro atoms. The highest BCUT2D eigenvalue weighted by molar-refractivity contribution is 14.1. The molecule has 0 aliphatic carbocycles. The van der Waals surface area contributed by atoms with E-state index in [9.17, 15) is 13.2 Å². The fourth-order valence-electron chi connectivity index (χ4n) is 0.943. The summed E-state index contributed by atoms with van der Waals surface area (Å²) in [5.41, 5.74) is 0.708. The van der Waals surface area contributed by atoms with E-state index in [4.69, 9.17) is 5.11 Å². The van der Waals surface area contributed by atoms with E-state index in [1.807, 2.05) is 0 Å². The fourth-order valence-corrected chi connectivity index (χ4v) is 1.32. The van der Waals surface area contributed by atoms with E-state index in [0.29, 0.717) is 9.26 Å². The number of pyridine rings is 1. The van der Waals surface area contributed by atoms with Gasteiger partial charge in [-0.3, -0.25) is 0 Å². The summed E-state index contributed by atoms with van der Waals surface area (Å²) >= 11 is 1.79. The number of hydrogen-bond donors (Lipinski definition) is 1. The van der Waals surface area contributed by atoms with Crippen molar-refractivity contribution in [2.75, 3.05) is 0 Å². The van der Waals surface area contributed by atoms with Crippen LogP contribution in [0.1, 0.15) is 11.1 Å². The molecule has 0 aliphatic heterocycles. The van der Waals surface area contributed by atoms with Gasteiger partial charge in [-0.15, -0.1) is 13.2 Å². The van der Waals surface area contributed by atoms with Crippen molar-refractivity contribution in [1.82, 2.24) is 4.98 Å². The number of nitrogens with zero attached hydrogens (tertiary/aromatic N) is 1. The first-order valence-corrected chi connectivity index (χ1v) is 4.94. The molecule has 1 rings (SSSR count). The molecule has 3 nitrogen and oxygen atoms in total. The third-order valence-electron chi connectivity index (χ3n) is 1.57. The predicted molar refractivity (Wildman–Crippen MR) is 54.3 cm³/mol. The molecular weight excluding hydrogens is 326 g/mol. The number of aryl methyl sites for hydroxylation is 1. The van der Waals surface area contributed by atoms with Gasteiger partial charge < -0.3 is 9.84 Å². The second-order valence-corrected chi connectivity index (χ2v) is 3.79. The average Bonchev–Trinajstić information content (AvgIpc) is 2.08. The largest absolute Gasteiger partial charge is 0.574 e. The Morgan fingerprint density at radius 3 is 2.60 bits per heavy atom. The molecule has 1 heterocycles. The van der Waals surface area contributed by atoms with Gasteiger partial charge in [-0.25, -0.2) is 4.98 Å². The van der Waals surface area contributed by atoms with Crippen LogP contribution in [0.4, 0.5) is 13.2 Å². The molecule has 0 aliphatic rings. The quantitative estimate of drug-likeness (QED) is 0.668. The van der Waals surface area contributed by atoms with Crippen LogP contribution in [0.3, 0.4) is 0 Å². The van der Waals surface area contributed by atoms with Crippen molar-refractivity contribution in [1.29, 1.82) is 0 Å². The van der Waals surface area contributed by atoms with E-state index in [1.54, 1.807) is 29.5 Å². The maximum absolute atomic E-state index is 11.9. The number of hydrogen-bond acceptors (Lipinski definition) is 3. The second-order valence-electron chi connectivity index (χ2n) is 2.77. The smallest absolute Gasteiger partial charge is 0.391 e. The van der Waals surface area contributed by atoms with E-state index in [0.717, 1.165) is 0 Å². The summed E-state index contributed by atoms with van der Waals surface area (Å²) in [6.07, 6.45) is -4.80. The van der Waals surface area contributed by atoms with E-state index >= 15 is 0 Å². The Balaban J connectivity index is 3.11. The Morgan fingerprint density at radius 2 is 2.13 bits per heavy atom. The number of halogens is 4. The van der Waals surface area contributed by atoms with Gasteiger partial charge >= 0.3 is 6.36 Å². The van der Waals surface area contributed by atoms with Crippen LogP contribution in [0.25, 0.3) is 0 Å². The van der Waals surface area contributed by atoms with Gasteiger partial charge in [-0.1, -0.05) is 0 Å². The van der Waals surface area contributed by atoms with Crippen LogP contribution in [0.5, 0.6) is 5.88 Å². The summed E-state index contributed by atoms with van der Waals surface area (Å²) in [5.74, 6) is -0.597. The van der Waals surface area contributed by atoms with Crippen molar-refractivity contribution in [3.8, 4) is 5.88 Å². The van der Waals surface area contributed by atoms with Crippen LogP contribution in [-0.2, 0) is 6.61 Å². The monoisotopic (exact) mass is 333 g/mol. The molecule has 15 heavy (non-hydrogen) atoms. The van der Waals surface area contributed by atoms with Gasteiger partial charge in [0.15, 0.2) is 0 Å². The molecule has 0 bridgehead atoms. The number of aromatic nitrogens is 1. The maximum Gasteiger partial charge on any atom is 0.574 e.